The summed E-state index contributed by atoms with van der Waals surface area (Å²) in [6, 6.07) is -0.246. The number of nitrogens with zero attached hydrogens (tertiary/aromatic N) is 1. The molecule has 18 heavy (non-hydrogen) atoms. The second kappa shape index (κ2) is 5.60. The van der Waals surface area contributed by atoms with Crippen molar-refractivity contribution in [3.8, 4) is 0 Å². The maximum Gasteiger partial charge on any atom is 0.305 e. The normalized spacial score (nSPS) is 28.0. The fourth-order valence-corrected chi connectivity index (χ4v) is 3.39. The van der Waals surface area contributed by atoms with Crippen LogP contribution in [0, 0.1) is 5.92 Å². The highest BCUT2D eigenvalue weighted by atomic mass is 32.2. The molecule has 0 saturated carbocycles. The molecule has 100 valence electrons. The van der Waals surface area contributed by atoms with Crippen LogP contribution in [0.25, 0.3) is 0 Å². The van der Waals surface area contributed by atoms with Gasteiger partial charge >= 0.3 is 5.97 Å². The lowest BCUT2D eigenvalue weighted by atomic mass is 10.0. The summed E-state index contributed by atoms with van der Waals surface area (Å²) >= 11 is 1.67. The Bertz CT molecular complexity index is 374. The molecule has 7 heteroatoms. The number of carbonyl (C=O) groups excluding carboxylic acids is 2. The minimum absolute atomic E-state index is 0.0210. The standard InChI is InChI=1S/C11H16N2O4S/c14-9-3-7(5-12-9)11(17)13-1-2-18-6-8(13)4-10(15)16/h7-8H,1-6H2,(H,12,14)(H,15,16). The second-order valence-corrected chi connectivity index (χ2v) is 5.71. The number of rotatable bonds is 3. The lowest BCUT2D eigenvalue weighted by Gasteiger charge is -2.36. The van der Waals surface area contributed by atoms with E-state index < -0.39 is 5.97 Å². The van der Waals surface area contributed by atoms with E-state index in [-0.39, 0.29) is 36.6 Å². The number of carboxylic acids is 1. The van der Waals surface area contributed by atoms with E-state index >= 15 is 0 Å². The third-order valence-electron chi connectivity index (χ3n) is 3.25. The third-order valence-corrected chi connectivity index (χ3v) is 4.34. The number of aliphatic carboxylic acids is 1. The van der Waals surface area contributed by atoms with Crippen molar-refractivity contribution in [2.24, 2.45) is 5.92 Å². The summed E-state index contributed by atoms with van der Waals surface area (Å²) in [5.41, 5.74) is 0. The number of carbonyl (C=O) groups is 3. The molecule has 2 aliphatic rings. The molecule has 2 unspecified atom stereocenters. The van der Waals surface area contributed by atoms with E-state index in [4.69, 9.17) is 5.11 Å². The Morgan fingerprint density at radius 3 is 2.89 bits per heavy atom. The molecule has 0 radical (unpaired) electrons. The second-order valence-electron chi connectivity index (χ2n) is 4.56. The Morgan fingerprint density at radius 2 is 2.28 bits per heavy atom. The van der Waals surface area contributed by atoms with Crippen molar-refractivity contribution in [3.63, 3.8) is 0 Å². The van der Waals surface area contributed by atoms with Crippen LogP contribution >= 0.6 is 11.8 Å². The van der Waals surface area contributed by atoms with Crippen molar-refractivity contribution >= 4 is 29.5 Å². The molecule has 0 spiro atoms. The molecule has 2 rings (SSSR count). The Morgan fingerprint density at radius 1 is 1.50 bits per heavy atom. The van der Waals surface area contributed by atoms with Gasteiger partial charge < -0.3 is 15.3 Å². The van der Waals surface area contributed by atoms with Gasteiger partial charge in [0.15, 0.2) is 0 Å². The topological polar surface area (TPSA) is 86.7 Å². The Balaban J connectivity index is 2.01. The van der Waals surface area contributed by atoms with Gasteiger partial charge in [-0.3, -0.25) is 14.4 Å². The minimum atomic E-state index is -0.888. The highest BCUT2D eigenvalue weighted by Crippen LogP contribution is 2.23. The summed E-state index contributed by atoms with van der Waals surface area (Å²) in [4.78, 5) is 35.8. The number of nitrogens with one attached hydrogen (secondary N) is 1. The van der Waals surface area contributed by atoms with Crippen LogP contribution in [0.4, 0.5) is 0 Å². The van der Waals surface area contributed by atoms with E-state index in [1.165, 1.54) is 0 Å². The lowest BCUT2D eigenvalue weighted by molar-refractivity contribution is -0.142. The molecule has 2 heterocycles. The smallest absolute Gasteiger partial charge is 0.305 e. The molecule has 2 atom stereocenters. The SMILES string of the molecule is O=C(O)CC1CSCCN1C(=O)C1CNC(=O)C1. The summed E-state index contributed by atoms with van der Waals surface area (Å²) in [5, 5.41) is 11.5. The molecule has 2 N–H and O–H groups in total. The van der Waals surface area contributed by atoms with Crippen LogP contribution in [0.5, 0.6) is 0 Å². The molecular formula is C11H16N2O4S. The zero-order valence-electron chi connectivity index (χ0n) is 9.92. The Kier molecular flexibility index (Phi) is 4.11. The summed E-state index contributed by atoms with van der Waals surface area (Å²) in [6.07, 6.45) is 0.203. The van der Waals surface area contributed by atoms with E-state index in [0.717, 1.165) is 5.75 Å². The van der Waals surface area contributed by atoms with Crippen molar-refractivity contribution in [1.29, 1.82) is 0 Å². The van der Waals surface area contributed by atoms with Crippen molar-refractivity contribution in [2.75, 3.05) is 24.6 Å². The zero-order chi connectivity index (χ0) is 13.1. The first-order chi connectivity index (χ1) is 8.58. The summed E-state index contributed by atoms with van der Waals surface area (Å²) in [5.74, 6) is 0.0921. The molecular weight excluding hydrogens is 256 g/mol. The predicted octanol–water partition coefficient (Wildman–Crippen LogP) is -0.459. The molecule has 0 aliphatic carbocycles. The molecule has 0 aromatic carbocycles. The number of amides is 2. The first-order valence-corrected chi connectivity index (χ1v) is 7.10. The van der Waals surface area contributed by atoms with Crippen LogP contribution in [0.1, 0.15) is 12.8 Å². The summed E-state index contributed by atoms with van der Waals surface area (Å²) in [6.45, 7) is 0.952. The third kappa shape index (κ3) is 2.95. The van der Waals surface area contributed by atoms with Crippen LogP contribution in [0.15, 0.2) is 0 Å². The molecule has 2 aliphatic heterocycles. The van der Waals surface area contributed by atoms with Crippen LogP contribution in [-0.2, 0) is 14.4 Å². The van der Waals surface area contributed by atoms with Gasteiger partial charge in [0.25, 0.3) is 0 Å². The number of thioether (sulfide) groups is 1. The molecule has 2 saturated heterocycles. The van der Waals surface area contributed by atoms with Gasteiger partial charge in [-0.2, -0.15) is 11.8 Å². The van der Waals surface area contributed by atoms with Gasteiger partial charge in [-0.1, -0.05) is 0 Å². The van der Waals surface area contributed by atoms with Gasteiger partial charge in [0.2, 0.25) is 11.8 Å². The van der Waals surface area contributed by atoms with E-state index in [9.17, 15) is 14.4 Å². The zero-order valence-corrected chi connectivity index (χ0v) is 10.7. The van der Waals surface area contributed by atoms with Gasteiger partial charge in [0.1, 0.15) is 0 Å². The van der Waals surface area contributed by atoms with E-state index in [1.807, 2.05) is 0 Å². The first-order valence-electron chi connectivity index (χ1n) is 5.94. The average Bonchev–Trinajstić information content (AvgIpc) is 2.75. The first kappa shape index (κ1) is 13.2. The molecule has 6 nitrogen and oxygen atoms in total. The summed E-state index contributed by atoms with van der Waals surface area (Å²) in [7, 11) is 0. The molecule has 2 amide bonds. The number of hydrogen-bond acceptors (Lipinski definition) is 4. The van der Waals surface area contributed by atoms with Crippen LogP contribution in [0.2, 0.25) is 0 Å². The molecule has 0 aromatic heterocycles. The number of carboxylic acid groups (broad SMARTS) is 1. The van der Waals surface area contributed by atoms with Crippen molar-refractivity contribution in [1.82, 2.24) is 10.2 Å². The monoisotopic (exact) mass is 272 g/mol. The van der Waals surface area contributed by atoms with Crippen molar-refractivity contribution in [3.05, 3.63) is 0 Å². The summed E-state index contributed by atoms with van der Waals surface area (Å²) < 4.78 is 0. The highest BCUT2D eigenvalue weighted by Gasteiger charge is 2.36. The van der Waals surface area contributed by atoms with Gasteiger partial charge in [-0.25, -0.2) is 0 Å². The van der Waals surface area contributed by atoms with Crippen molar-refractivity contribution < 1.29 is 19.5 Å². The fraction of sp³-hybridized carbons (Fsp3) is 0.727. The molecule has 2 fully saturated rings. The quantitative estimate of drug-likeness (QED) is 0.726. The van der Waals surface area contributed by atoms with Crippen LogP contribution < -0.4 is 5.32 Å². The van der Waals surface area contributed by atoms with Gasteiger partial charge in [0.05, 0.1) is 18.4 Å². The molecule has 0 bridgehead atoms. The number of hydrogen-bond donors (Lipinski definition) is 2. The fourth-order valence-electron chi connectivity index (χ4n) is 2.33. The lowest BCUT2D eigenvalue weighted by Crippen LogP contribution is -2.49. The minimum Gasteiger partial charge on any atom is -0.481 e. The van der Waals surface area contributed by atoms with E-state index in [1.54, 1.807) is 16.7 Å². The maximum atomic E-state index is 12.3. The van der Waals surface area contributed by atoms with Gasteiger partial charge in [-0.05, 0) is 0 Å². The van der Waals surface area contributed by atoms with Crippen LogP contribution in [0.3, 0.4) is 0 Å². The van der Waals surface area contributed by atoms with E-state index in [0.29, 0.717) is 18.8 Å². The maximum absolute atomic E-state index is 12.3. The van der Waals surface area contributed by atoms with Crippen LogP contribution in [-0.4, -0.2) is 58.4 Å². The van der Waals surface area contributed by atoms with Crippen molar-refractivity contribution in [2.45, 2.75) is 18.9 Å². The largest absolute Gasteiger partial charge is 0.481 e. The van der Waals surface area contributed by atoms with E-state index in [2.05, 4.69) is 5.32 Å². The van der Waals surface area contributed by atoms with Gasteiger partial charge in [-0.15, -0.1) is 0 Å². The van der Waals surface area contributed by atoms with Gasteiger partial charge in [0, 0.05) is 31.0 Å². The Labute approximate surface area is 109 Å². The molecule has 0 aromatic rings. The highest BCUT2D eigenvalue weighted by molar-refractivity contribution is 7.99. The average molecular weight is 272 g/mol. The Hall–Kier alpha value is -1.24. The predicted molar refractivity (Wildman–Crippen MR) is 66.2 cm³/mol.